The van der Waals surface area contributed by atoms with E-state index in [2.05, 4.69) is 0 Å². The molecule has 1 aliphatic rings. The molecule has 2 rings (SSSR count). The molecule has 1 aromatic carbocycles. The summed E-state index contributed by atoms with van der Waals surface area (Å²) in [6, 6.07) is -3.53. The van der Waals surface area contributed by atoms with Gasteiger partial charge >= 0.3 is 11.9 Å². The number of carbonyl (C=O) groups is 2. The number of carboxylic acids is 2. The minimum absolute atomic E-state index is 0.837. The van der Waals surface area contributed by atoms with Gasteiger partial charge in [0.05, 0.1) is 5.48 Å². The largest absolute Gasteiger partial charge is 0.479 e. The number of aliphatic carboxylic acids is 1. The van der Waals surface area contributed by atoms with Gasteiger partial charge in [-0.3, -0.25) is 0 Å². The van der Waals surface area contributed by atoms with Crippen molar-refractivity contribution in [3.63, 3.8) is 0 Å². The molecule has 0 amide bonds. The maximum absolute atomic E-state index is 11.4. The summed E-state index contributed by atoms with van der Waals surface area (Å²) in [5.41, 5.74) is -0.973. The second-order valence-corrected chi connectivity index (χ2v) is 4.36. The molecule has 5 N–H and O–H groups in total. The van der Waals surface area contributed by atoms with E-state index in [1.54, 1.807) is 0 Å². The summed E-state index contributed by atoms with van der Waals surface area (Å²) >= 11 is 0. The van der Waals surface area contributed by atoms with Gasteiger partial charge in [0.1, 0.15) is 29.6 Å². The van der Waals surface area contributed by atoms with E-state index in [9.17, 15) is 30.0 Å². The summed E-state index contributed by atoms with van der Waals surface area (Å²) in [5.74, 6) is -4.39. The van der Waals surface area contributed by atoms with Crippen molar-refractivity contribution in [2.75, 3.05) is 0 Å². The highest BCUT2D eigenvalue weighted by Crippen LogP contribution is 2.26. The highest BCUT2D eigenvalue weighted by Gasteiger charge is 2.48. The van der Waals surface area contributed by atoms with E-state index in [0.717, 1.165) is 0 Å². The maximum atomic E-state index is 11.4. The fraction of sp³-hybridized carbons (Fsp3) is 0.385. The predicted molar refractivity (Wildman–Crippen MR) is 68.3 cm³/mol. The zero-order valence-electron chi connectivity index (χ0n) is 14.8. The van der Waals surface area contributed by atoms with Gasteiger partial charge in [0.15, 0.2) is 6.10 Å². The molecule has 9 heteroatoms. The van der Waals surface area contributed by atoms with Crippen molar-refractivity contribution in [3.05, 3.63) is 29.7 Å². The average molecular weight is 318 g/mol. The molecule has 0 bridgehead atoms. The minimum Gasteiger partial charge on any atom is -0.479 e. The van der Waals surface area contributed by atoms with Crippen LogP contribution >= 0.6 is 0 Å². The van der Waals surface area contributed by atoms with Crippen molar-refractivity contribution >= 4 is 11.9 Å². The smallest absolute Gasteiger partial charge is 0.339 e. The molecule has 1 aromatic rings. The first-order chi connectivity index (χ1) is 12.0. The number of ether oxygens (including phenoxy) is 2. The van der Waals surface area contributed by atoms with Crippen LogP contribution in [0.4, 0.5) is 0 Å². The molecule has 9 nitrogen and oxygen atoms in total. The molecule has 0 saturated carbocycles. The second kappa shape index (κ2) is 6.28. The zero-order chi connectivity index (χ0) is 19.9. The average Bonchev–Trinajstić information content (AvgIpc) is 2.57. The molecular weight excluding hydrogens is 300 g/mol. The number of hydrogen-bond donors (Lipinski definition) is 5. The third kappa shape index (κ3) is 3.02. The van der Waals surface area contributed by atoms with E-state index < -0.39 is 78.1 Å². The summed E-state index contributed by atoms with van der Waals surface area (Å²) in [6.07, 6.45) is -10.1. The molecule has 120 valence electrons. The Morgan fingerprint density at radius 3 is 2.32 bits per heavy atom. The van der Waals surface area contributed by atoms with E-state index in [-0.39, 0.29) is 0 Å². The molecular formula is C13H14O9. The number of aliphatic hydroxyl groups excluding tert-OH is 3. The zero-order valence-corrected chi connectivity index (χ0v) is 10.8. The van der Waals surface area contributed by atoms with Gasteiger partial charge in [0, 0.05) is 0 Å². The van der Waals surface area contributed by atoms with Crippen LogP contribution in [0.15, 0.2) is 24.2 Å². The van der Waals surface area contributed by atoms with E-state index in [1.165, 1.54) is 0 Å². The molecule has 22 heavy (non-hydrogen) atoms. The Kier molecular flexibility index (Phi) is 3.25. The highest BCUT2D eigenvalue weighted by atomic mass is 16.7. The molecule has 1 heterocycles. The number of carboxylic acid groups (broad SMARTS) is 2. The molecule has 0 unspecified atom stereocenters. The predicted octanol–water partition coefficient (Wildman–Crippen LogP) is -1.34. The Bertz CT molecular complexity index is 756. The van der Waals surface area contributed by atoms with Gasteiger partial charge in [0.25, 0.3) is 0 Å². The lowest BCUT2D eigenvalue weighted by atomic mass is 9.99. The highest BCUT2D eigenvalue weighted by molar-refractivity contribution is 5.90. The lowest BCUT2D eigenvalue weighted by Crippen LogP contribution is -2.61. The normalized spacial score (nSPS) is 34.0. The number of hydrogen-bond acceptors (Lipinski definition) is 7. The van der Waals surface area contributed by atoms with Crippen molar-refractivity contribution in [2.24, 2.45) is 0 Å². The number of benzene rings is 1. The van der Waals surface area contributed by atoms with Crippen molar-refractivity contribution in [1.29, 1.82) is 0 Å². The van der Waals surface area contributed by atoms with E-state index in [0.29, 0.717) is 0 Å². The van der Waals surface area contributed by atoms with Gasteiger partial charge in [-0.15, -0.1) is 0 Å². The fourth-order valence-corrected chi connectivity index (χ4v) is 1.81. The van der Waals surface area contributed by atoms with Gasteiger partial charge in [-0.05, 0) is 12.1 Å². The van der Waals surface area contributed by atoms with Crippen molar-refractivity contribution < 1.29 is 50.1 Å². The topological polar surface area (TPSA) is 154 Å². The summed E-state index contributed by atoms with van der Waals surface area (Å²) in [5, 5.41) is 47.4. The maximum Gasteiger partial charge on any atom is 0.339 e. The van der Waals surface area contributed by atoms with E-state index in [1.807, 2.05) is 0 Å². The summed E-state index contributed by atoms with van der Waals surface area (Å²) in [6.45, 7) is 0. The molecule has 1 fully saturated rings. The first-order valence-corrected chi connectivity index (χ1v) is 5.91. The second-order valence-electron chi connectivity index (χ2n) is 4.36. The van der Waals surface area contributed by atoms with Crippen LogP contribution in [0.5, 0.6) is 5.75 Å². The Labute approximate surface area is 129 Å². The van der Waals surface area contributed by atoms with E-state index >= 15 is 0 Å². The van der Waals surface area contributed by atoms with Crippen LogP contribution in [0.1, 0.15) is 15.8 Å². The van der Waals surface area contributed by atoms with Gasteiger partial charge in [0.2, 0.25) is 6.29 Å². The monoisotopic (exact) mass is 318 g/mol. The summed E-state index contributed by atoms with van der Waals surface area (Å²) in [7, 11) is 0. The molecule has 5 atom stereocenters. The molecule has 0 spiro atoms. The SMILES string of the molecule is [2H]c1c([2H])c([2H])c(C(=O)O)c(O[C@@H]2O[C@H](C(=O)O)[C@@H](O)[C@H](O)[C@H]2O)c1[2H]. The minimum atomic E-state index is -2.03. The Hall–Kier alpha value is -2.20. The molecule has 1 aliphatic heterocycles. The third-order valence-corrected chi connectivity index (χ3v) is 2.91. The first-order valence-electron chi connectivity index (χ1n) is 7.91. The van der Waals surface area contributed by atoms with Crippen molar-refractivity contribution in [1.82, 2.24) is 0 Å². The van der Waals surface area contributed by atoms with Gasteiger partial charge in [-0.2, -0.15) is 0 Å². The van der Waals surface area contributed by atoms with Crippen LogP contribution in [-0.4, -0.2) is 68.2 Å². The molecule has 1 saturated heterocycles. The van der Waals surface area contributed by atoms with E-state index in [4.69, 9.17) is 20.1 Å². The summed E-state index contributed by atoms with van der Waals surface area (Å²) < 4.78 is 40.2. The Balaban J connectivity index is 2.50. The van der Waals surface area contributed by atoms with Crippen molar-refractivity contribution in [2.45, 2.75) is 30.7 Å². The lowest BCUT2D eigenvalue weighted by Gasteiger charge is -2.38. The fourth-order valence-electron chi connectivity index (χ4n) is 1.81. The van der Waals surface area contributed by atoms with Crippen LogP contribution < -0.4 is 4.74 Å². The third-order valence-electron chi connectivity index (χ3n) is 2.91. The van der Waals surface area contributed by atoms with Crippen LogP contribution in [-0.2, 0) is 9.53 Å². The molecule has 0 aliphatic carbocycles. The van der Waals surface area contributed by atoms with Crippen LogP contribution in [0.2, 0.25) is 0 Å². The number of para-hydroxylation sites is 1. The van der Waals surface area contributed by atoms with Crippen LogP contribution in [0, 0.1) is 0 Å². The quantitative estimate of drug-likeness (QED) is 0.453. The molecule has 0 radical (unpaired) electrons. The lowest BCUT2D eigenvalue weighted by molar-refractivity contribution is -0.271. The number of aromatic carboxylic acids is 1. The van der Waals surface area contributed by atoms with Gasteiger partial charge < -0.3 is 35.0 Å². The van der Waals surface area contributed by atoms with Gasteiger partial charge in [-0.1, -0.05) is 12.1 Å². The standard InChI is InChI=1S/C13H14O9/c14-7-8(15)10(12(19)20)22-13(9(7)16)21-6-4-2-1-3-5(6)11(17)18/h1-4,7-10,13-16H,(H,17,18)(H,19,20)/t7-,8-,9+,10-,13+/m0/s1/i1D,2D,3D,4D. The number of aliphatic hydroxyl groups is 3. The van der Waals surface area contributed by atoms with Crippen LogP contribution in [0.25, 0.3) is 0 Å². The molecule has 0 aromatic heterocycles. The summed E-state index contributed by atoms with van der Waals surface area (Å²) in [4.78, 5) is 22.4. The Morgan fingerprint density at radius 1 is 1.09 bits per heavy atom. The van der Waals surface area contributed by atoms with Gasteiger partial charge in [-0.25, -0.2) is 9.59 Å². The first kappa shape index (κ1) is 11.4. The van der Waals surface area contributed by atoms with Crippen LogP contribution in [0.3, 0.4) is 0 Å². The number of rotatable bonds is 4. The Morgan fingerprint density at radius 2 is 1.73 bits per heavy atom. The van der Waals surface area contributed by atoms with Crippen molar-refractivity contribution in [3.8, 4) is 5.75 Å².